The number of urea groups is 1. The van der Waals surface area contributed by atoms with Crippen molar-refractivity contribution in [1.29, 1.82) is 0 Å². The lowest BCUT2D eigenvalue weighted by Crippen LogP contribution is -2.46. The van der Waals surface area contributed by atoms with Crippen molar-refractivity contribution >= 4 is 17.9 Å². The highest BCUT2D eigenvalue weighted by Crippen LogP contribution is 2.24. The zero-order chi connectivity index (χ0) is 15.9. The zero-order valence-electron chi connectivity index (χ0n) is 12.9. The standard InChI is InChI=1S/C14H26N2O4/c1-6-9(2)10(3)15-13(20)16-11(17)7-14(4,5)8-12(18)19/h9-10H,6-8H2,1-5H3,(H,18,19)(H2,15,16,17,20). The SMILES string of the molecule is CCC(C)C(C)NC(=O)NC(=O)CC(C)(C)CC(=O)O. The molecule has 0 fully saturated rings. The molecule has 0 saturated heterocycles. The van der Waals surface area contributed by atoms with Crippen LogP contribution < -0.4 is 10.6 Å². The molecule has 0 bridgehead atoms. The fraction of sp³-hybridized carbons (Fsp3) is 0.786. The summed E-state index contributed by atoms with van der Waals surface area (Å²) in [5.74, 6) is -1.11. The van der Waals surface area contributed by atoms with E-state index in [-0.39, 0.29) is 18.9 Å². The third kappa shape index (κ3) is 7.76. The van der Waals surface area contributed by atoms with Crippen LogP contribution in [0.2, 0.25) is 0 Å². The van der Waals surface area contributed by atoms with Gasteiger partial charge >= 0.3 is 12.0 Å². The third-order valence-electron chi connectivity index (χ3n) is 3.38. The van der Waals surface area contributed by atoms with Crippen LogP contribution in [0.1, 0.15) is 53.9 Å². The van der Waals surface area contributed by atoms with Gasteiger partial charge in [-0.2, -0.15) is 0 Å². The Morgan fingerprint density at radius 3 is 2.15 bits per heavy atom. The Morgan fingerprint density at radius 2 is 1.70 bits per heavy atom. The van der Waals surface area contributed by atoms with E-state index < -0.39 is 23.3 Å². The van der Waals surface area contributed by atoms with E-state index >= 15 is 0 Å². The fourth-order valence-corrected chi connectivity index (χ4v) is 1.82. The van der Waals surface area contributed by atoms with E-state index in [0.717, 1.165) is 6.42 Å². The smallest absolute Gasteiger partial charge is 0.321 e. The number of aliphatic carboxylic acids is 1. The Labute approximate surface area is 120 Å². The number of carbonyl (C=O) groups is 3. The Morgan fingerprint density at radius 1 is 1.15 bits per heavy atom. The normalized spacial score (nSPS) is 14.2. The first-order chi connectivity index (χ1) is 9.07. The average molecular weight is 286 g/mol. The molecule has 0 aliphatic rings. The summed E-state index contributed by atoms with van der Waals surface area (Å²) in [5.41, 5.74) is -0.682. The molecule has 20 heavy (non-hydrogen) atoms. The summed E-state index contributed by atoms with van der Waals surface area (Å²) in [7, 11) is 0. The molecule has 2 unspecified atom stereocenters. The summed E-state index contributed by atoms with van der Waals surface area (Å²) in [4.78, 5) is 34.0. The fourth-order valence-electron chi connectivity index (χ4n) is 1.82. The van der Waals surface area contributed by atoms with Crippen LogP contribution in [-0.2, 0) is 9.59 Å². The Balaban J connectivity index is 4.27. The summed E-state index contributed by atoms with van der Waals surface area (Å²) in [6.07, 6.45) is 0.802. The van der Waals surface area contributed by atoms with E-state index in [1.54, 1.807) is 13.8 Å². The third-order valence-corrected chi connectivity index (χ3v) is 3.38. The molecular formula is C14H26N2O4. The average Bonchev–Trinajstić information content (AvgIpc) is 2.24. The van der Waals surface area contributed by atoms with E-state index in [9.17, 15) is 14.4 Å². The molecule has 0 saturated carbocycles. The summed E-state index contributed by atoms with van der Waals surface area (Å²) in [6, 6.07) is -0.561. The minimum Gasteiger partial charge on any atom is -0.481 e. The highest BCUT2D eigenvalue weighted by Gasteiger charge is 2.26. The van der Waals surface area contributed by atoms with Crippen LogP contribution in [0.15, 0.2) is 0 Å². The predicted molar refractivity (Wildman–Crippen MR) is 76.2 cm³/mol. The molecule has 2 atom stereocenters. The van der Waals surface area contributed by atoms with Crippen molar-refractivity contribution in [2.75, 3.05) is 0 Å². The van der Waals surface area contributed by atoms with Crippen molar-refractivity contribution in [3.05, 3.63) is 0 Å². The number of amides is 3. The topological polar surface area (TPSA) is 95.5 Å². The van der Waals surface area contributed by atoms with Crippen molar-refractivity contribution in [2.24, 2.45) is 11.3 Å². The molecule has 116 valence electrons. The molecule has 3 amide bonds. The number of nitrogens with one attached hydrogen (secondary N) is 2. The molecule has 0 aromatic rings. The number of hydrogen-bond donors (Lipinski definition) is 3. The van der Waals surface area contributed by atoms with Crippen molar-refractivity contribution in [3.8, 4) is 0 Å². The van der Waals surface area contributed by atoms with Gasteiger partial charge in [-0.15, -0.1) is 0 Å². The first kappa shape index (κ1) is 18.4. The first-order valence-corrected chi connectivity index (χ1v) is 6.89. The van der Waals surface area contributed by atoms with Gasteiger partial charge < -0.3 is 10.4 Å². The summed E-state index contributed by atoms with van der Waals surface area (Å²) in [5, 5.41) is 13.7. The first-order valence-electron chi connectivity index (χ1n) is 6.89. The molecule has 0 heterocycles. The Bertz CT molecular complexity index is 366. The maximum absolute atomic E-state index is 11.7. The van der Waals surface area contributed by atoms with Gasteiger partial charge in [-0.05, 0) is 18.3 Å². The molecule has 0 rings (SSSR count). The lowest BCUT2D eigenvalue weighted by atomic mass is 9.85. The maximum Gasteiger partial charge on any atom is 0.321 e. The van der Waals surface area contributed by atoms with Crippen LogP contribution in [0, 0.1) is 11.3 Å². The van der Waals surface area contributed by atoms with Crippen molar-refractivity contribution in [3.63, 3.8) is 0 Å². The molecule has 0 aromatic heterocycles. The summed E-state index contributed by atoms with van der Waals surface area (Å²) in [6.45, 7) is 9.29. The van der Waals surface area contributed by atoms with Crippen LogP contribution in [0.25, 0.3) is 0 Å². The molecule has 6 nitrogen and oxygen atoms in total. The van der Waals surface area contributed by atoms with Crippen LogP contribution in [0.4, 0.5) is 4.79 Å². The van der Waals surface area contributed by atoms with Crippen molar-refractivity contribution in [1.82, 2.24) is 10.6 Å². The number of hydrogen-bond acceptors (Lipinski definition) is 3. The minimum absolute atomic E-state index is 0.00949. The lowest BCUT2D eigenvalue weighted by Gasteiger charge is -2.22. The number of carboxylic acids is 1. The van der Waals surface area contributed by atoms with Crippen LogP contribution >= 0.6 is 0 Å². The Kier molecular flexibility index (Phi) is 7.24. The van der Waals surface area contributed by atoms with Crippen LogP contribution in [0.3, 0.4) is 0 Å². The number of imide groups is 1. The van der Waals surface area contributed by atoms with Gasteiger partial charge in [0.15, 0.2) is 0 Å². The highest BCUT2D eigenvalue weighted by atomic mass is 16.4. The number of carbonyl (C=O) groups excluding carboxylic acids is 2. The Hall–Kier alpha value is -1.59. The second-order valence-corrected chi connectivity index (χ2v) is 6.11. The largest absolute Gasteiger partial charge is 0.481 e. The monoisotopic (exact) mass is 286 g/mol. The van der Waals surface area contributed by atoms with Gasteiger partial charge in [0.05, 0.1) is 6.42 Å². The van der Waals surface area contributed by atoms with Crippen molar-refractivity contribution in [2.45, 2.75) is 59.9 Å². The summed E-state index contributed by atoms with van der Waals surface area (Å²) < 4.78 is 0. The van der Waals surface area contributed by atoms with Crippen LogP contribution in [0.5, 0.6) is 0 Å². The van der Waals surface area contributed by atoms with Gasteiger partial charge in [-0.1, -0.05) is 34.1 Å². The van der Waals surface area contributed by atoms with Gasteiger partial charge in [0.25, 0.3) is 0 Å². The molecule has 0 aliphatic carbocycles. The predicted octanol–water partition coefficient (Wildman–Crippen LogP) is 2.14. The number of carboxylic acid groups (broad SMARTS) is 1. The van der Waals surface area contributed by atoms with E-state index in [1.807, 2.05) is 20.8 Å². The van der Waals surface area contributed by atoms with Gasteiger partial charge in [0.2, 0.25) is 5.91 Å². The van der Waals surface area contributed by atoms with Crippen LogP contribution in [-0.4, -0.2) is 29.1 Å². The lowest BCUT2D eigenvalue weighted by molar-refractivity contribution is -0.139. The quantitative estimate of drug-likeness (QED) is 0.668. The maximum atomic E-state index is 11.7. The van der Waals surface area contributed by atoms with Gasteiger partial charge in [-0.3, -0.25) is 14.9 Å². The van der Waals surface area contributed by atoms with E-state index in [0.29, 0.717) is 5.92 Å². The molecule has 0 radical (unpaired) electrons. The molecule has 0 aliphatic heterocycles. The van der Waals surface area contributed by atoms with E-state index in [2.05, 4.69) is 10.6 Å². The highest BCUT2D eigenvalue weighted by molar-refractivity contribution is 5.94. The van der Waals surface area contributed by atoms with Gasteiger partial charge in [0, 0.05) is 12.5 Å². The zero-order valence-corrected chi connectivity index (χ0v) is 12.9. The molecule has 6 heteroatoms. The second kappa shape index (κ2) is 7.87. The summed E-state index contributed by atoms with van der Waals surface area (Å²) >= 11 is 0. The molecule has 0 spiro atoms. The molecule has 0 aromatic carbocycles. The van der Waals surface area contributed by atoms with E-state index in [1.165, 1.54) is 0 Å². The van der Waals surface area contributed by atoms with E-state index in [4.69, 9.17) is 5.11 Å². The number of rotatable bonds is 7. The minimum atomic E-state index is -0.961. The molecule has 3 N–H and O–H groups in total. The van der Waals surface area contributed by atoms with Gasteiger partial charge in [-0.25, -0.2) is 4.79 Å². The van der Waals surface area contributed by atoms with Gasteiger partial charge in [0.1, 0.15) is 0 Å². The molecular weight excluding hydrogens is 260 g/mol. The van der Waals surface area contributed by atoms with Crippen molar-refractivity contribution < 1.29 is 19.5 Å². The second-order valence-electron chi connectivity index (χ2n) is 6.11.